The minimum atomic E-state index is -0.503. The lowest BCUT2D eigenvalue weighted by Crippen LogP contribution is -2.33. The van der Waals surface area contributed by atoms with E-state index >= 15 is 0 Å². The molecule has 0 radical (unpaired) electrons. The Morgan fingerprint density at radius 1 is 1.33 bits per heavy atom. The number of amides is 1. The summed E-state index contributed by atoms with van der Waals surface area (Å²) in [6.45, 7) is 10.3. The SMILES string of the molecule is CCN(CC)c1ccc(C(=O)NCC(O)CC(C)C)cn1. The number of rotatable bonds is 8. The average molecular weight is 293 g/mol. The highest BCUT2D eigenvalue weighted by Gasteiger charge is 2.11. The Morgan fingerprint density at radius 2 is 2.00 bits per heavy atom. The number of carbonyl (C=O) groups is 1. The fraction of sp³-hybridized carbons (Fsp3) is 0.625. The fourth-order valence-corrected chi connectivity index (χ4v) is 2.20. The average Bonchev–Trinajstić information content (AvgIpc) is 2.46. The Morgan fingerprint density at radius 3 is 2.48 bits per heavy atom. The molecule has 2 N–H and O–H groups in total. The van der Waals surface area contributed by atoms with Crippen molar-refractivity contribution in [3.8, 4) is 0 Å². The Hall–Kier alpha value is -1.62. The number of nitrogens with zero attached hydrogens (tertiary/aromatic N) is 2. The van der Waals surface area contributed by atoms with Gasteiger partial charge >= 0.3 is 0 Å². The molecule has 21 heavy (non-hydrogen) atoms. The van der Waals surface area contributed by atoms with Crippen LogP contribution in [0.1, 0.15) is 44.5 Å². The first kappa shape index (κ1) is 17.4. The third-order valence-corrected chi connectivity index (χ3v) is 3.34. The number of aliphatic hydroxyl groups excluding tert-OH is 1. The number of pyridine rings is 1. The van der Waals surface area contributed by atoms with E-state index in [9.17, 15) is 9.90 Å². The van der Waals surface area contributed by atoms with Crippen molar-refractivity contribution in [3.63, 3.8) is 0 Å². The van der Waals surface area contributed by atoms with Crippen LogP contribution in [0, 0.1) is 5.92 Å². The van der Waals surface area contributed by atoms with Gasteiger partial charge in [-0.2, -0.15) is 0 Å². The summed E-state index contributed by atoms with van der Waals surface area (Å²) in [5.74, 6) is 1.08. The number of hydrogen-bond donors (Lipinski definition) is 2. The van der Waals surface area contributed by atoms with Crippen LogP contribution in [0.3, 0.4) is 0 Å². The molecular formula is C16H27N3O2. The van der Waals surface area contributed by atoms with Gasteiger partial charge in [0.05, 0.1) is 11.7 Å². The molecule has 1 aromatic rings. The summed E-state index contributed by atoms with van der Waals surface area (Å²) >= 11 is 0. The highest BCUT2D eigenvalue weighted by molar-refractivity contribution is 5.94. The summed E-state index contributed by atoms with van der Waals surface area (Å²) < 4.78 is 0. The van der Waals surface area contributed by atoms with Gasteiger partial charge in [-0.25, -0.2) is 4.98 Å². The summed E-state index contributed by atoms with van der Waals surface area (Å²) in [5.41, 5.74) is 0.516. The smallest absolute Gasteiger partial charge is 0.252 e. The molecule has 1 aromatic heterocycles. The minimum absolute atomic E-state index is 0.198. The van der Waals surface area contributed by atoms with Crippen molar-refractivity contribution < 1.29 is 9.90 Å². The van der Waals surface area contributed by atoms with Gasteiger partial charge in [-0.15, -0.1) is 0 Å². The van der Waals surface area contributed by atoms with Gasteiger partial charge in [-0.1, -0.05) is 13.8 Å². The van der Waals surface area contributed by atoms with Gasteiger partial charge in [0.1, 0.15) is 5.82 Å². The summed E-state index contributed by atoms with van der Waals surface area (Å²) in [6.07, 6.45) is 1.76. The summed E-state index contributed by atoms with van der Waals surface area (Å²) in [5, 5.41) is 12.5. The molecule has 0 saturated carbocycles. The molecule has 1 unspecified atom stereocenters. The molecule has 0 saturated heterocycles. The molecule has 1 rings (SSSR count). The van der Waals surface area contributed by atoms with Crippen LogP contribution in [0.4, 0.5) is 5.82 Å². The highest BCUT2D eigenvalue weighted by atomic mass is 16.3. The van der Waals surface area contributed by atoms with Crippen molar-refractivity contribution >= 4 is 11.7 Å². The quantitative estimate of drug-likeness (QED) is 0.770. The Kier molecular flexibility index (Phi) is 7.15. The van der Waals surface area contributed by atoms with Gasteiger partial charge in [0.15, 0.2) is 0 Å². The van der Waals surface area contributed by atoms with E-state index in [0.717, 1.165) is 18.9 Å². The monoisotopic (exact) mass is 293 g/mol. The first-order chi connectivity index (χ1) is 9.97. The first-order valence-corrected chi connectivity index (χ1v) is 7.65. The van der Waals surface area contributed by atoms with Gasteiger partial charge in [0.2, 0.25) is 0 Å². The van der Waals surface area contributed by atoms with Gasteiger partial charge in [-0.05, 0) is 38.3 Å². The standard InChI is InChI=1S/C16H27N3O2/c1-5-19(6-2)15-8-7-13(10-17-15)16(21)18-11-14(20)9-12(3)4/h7-8,10,12,14,20H,5-6,9,11H2,1-4H3,(H,18,21). The van der Waals surface area contributed by atoms with Crippen LogP contribution >= 0.6 is 0 Å². The third kappa shape index (κ3) is 5.71. The molecule has 0 aliphatic heterocycles. The van der Waals surface area contributed by atoms with Crippen molar-refractivity contribution in [2.24, 2.45) is 5.92 Å². The molecule has 0 aromatic carbocycles. The molecule has 0 fully saturated rings. The second-order valence-electron chi connectivity index (χ2n) is 5.57. The molecule has 1 heterocycles. The number of carbonyl (C=O) groups excluding carboxylic acids is 1. The normalized spacial score (nSPS) is 12.3. The third-order valence-electron chi connectivity index (χ3n) is 3.34. The number of hydrogen-bond acceptors (Lipinski definition) is 4. The van der Waals surface area contributed by atoms with E-state index in [1.807, 2.05) is 19.9 Å². The molecular weight excluding hydrogens is 266 g/mol. The number of anilines is 1. The molecule has 118 valence electrons. The van der Waals surface area contributed by atoms with Gasteiger partial charge in [0, 0.05) is 25.8 Å². The molecule has 0 bridgehead atoms. The molecule has 1 atom stereocenters. The second-order valence-corrected chi connectivity index (χ2v) is 5.57. The lowest BCUT2D eigenvalue weighted by atomic mass is 10.1. The van der Waals surface area contributed by atoms with E-state index in [1.165, 1.54) is 0 Å². The van der Waals surface area contributed by atoms with Crippen molar-refractivity contribution in [3.05, 3.63) is 23.9 Å². The van der Waals surface area contributed by atoms with E-state index in [-0.39, 0.29) is 12.5 Å². The molecule has 0 spiro atoms. The predicted molar refractivity (Wildman–Crippen MR) is 85.6 cm³/mol. The van der Waals surface area contributed by atoms with Crippen LogP contribution in [0.25, 0.3) is 0 Å². The zero-order valence-corrected chi connectivity index (χ0v) is 13.5. The lowest BCUT2D eigenvalue weighted by Gasteiger charge is -2.19. The van der Waals surface area contributed by atoms with Gasteiger partial charge in [-0.3, -0.25) is 4.79 Å². The molecule has 0 aliphatic carbocycles. The number of aromatic nitrogens is 1. The zero-order valence-electron chi connectivity index (χ0n) is 13.5. The zero-order chi connectivity index (χ0) is 15.8. The van der Waals surface area contributed by atoms with E-state index in [0.29, 0.717) is 17.9 Å². The van der Waals surface area contributed by atoms with Crippen molar-refractivity contribution in [1.29, 1.82) is 0 Å². The molecule has 5 nitrogen and oxygen atoms in total. The van der Waals surface area contributed by atoms with Crippen LogP contribution in [0.5, 0.6) is 0 Å². The maximum Gasteiger partial charge on any atom is 0.252 e. The number of nitrogens with one attached hydrogen (secondary N) is 1. The second kappa shape index (κ2) is 8.62. The van der Waals surface area contributed by atoms with Crippen molar-refractivity contribution in [2.75, 3.05) is 24.5 Å². The van der Waals surface area contributed by atoms with Crippen molar-refractivity contribution in [2.45, 2.75) is 40.2 Å². The summed E-state index contributed by atoms with van der Waals surface area (Å²) in [6, 6.07) is 3.62. The lowest BCUT2D eigenvalue weighted by molar-refractivity contribution is 0.0900. The summed E-state index contributed by atoms with van der Waals surface area (Å²) in [4.78, 5) is 18.4. The van der Waals surface area contributed by atoms with Crippen LogP contribution in [-0.2, 0) is 0 Å². The maximum absolute atomic E-state index is 12.0. The minimum Gasteiger partial charge on any atom is -0.391 e. The topological polar surface area (TPSA) is 65.5 Å². The predicted octanol–water partition coefficient (Wildman–Crippen LogP) is 2.06. The van der Waals surface area contributed by atoms with E-state index in [1.54, 1.807) is 12.3 Å². The first-order valence-electron chi connectivity index (χ1n) is 7.65. The molecule has 1 amide bonds. The van der Waals surface area contributed by atoms with E-state index < -0.39 is 6.10 Å². The Labute approximate surface area is 127 Å². The molecule has 5 heteroatoms. The number of aliphatic hydroxyl groups is 1. The van der Waals surface area contributed by atoms with E-state index in [4.69, 9.17) is 0 Å². The van der Waals surface area contributed by atoms with Crippen LogP contribution in [-0.4, -0.2) is 41.7 Å². The Balaban J connectivity index is 2.55. The highest BCUT2D eigenvalue weighted by Crippen LogP contribution is 2.11. The Bertz CT molecular complexity index is 428. The maximum atomic E-state index is 12.0. The van der Waals surface area contributed by atoms with Gasteiger partial charge in [0.25, 0.3) is 5.91 Å². The van der Waals surface area contributed by atoms with Crippen molar-refractivity contribution in [1.82, 2.24) is 10.3 Å². The fourth-order valence-electron chi connectivity index (χ4n) is 2.20. The van der Waals surface area contributed by atoms with Crippen LogP contribution in [0.15, 0.2) is 18.3 Å². The van der Waals surface area contributed by atoms with Gasteiger partial charge < -0.3 is 15.3 Å². The van der Waals surface area contributed by atoms with Crippen LogP contribution in [0.2, 0.25) is 0 Å². The van der Waals surface area contributed by atoms with E-state index in [2.05, 4.69) is 29.0 Å². The largest absolute Gasteiger partial charge is 0.391 e. The van der Waals surface area contributed by atoms with Crippen LogP contribution < -0.4 is 10.2 Å². The summed E-state index contributed by atoms with van der Waals surface area (Å²) in [7, 11) is 0. The molecule has 0 aliphatic rings.